The molecule has 0 aromatic heterocycles. The number of carboxylic acids is 4. The lowest BCUT2D eigenvalue weighted by Crippen LogP contribution is -2.49. The van der Waals surface area contributed by atoms with E-state index < -0.39 is 95.7 Å². The second kappa shape index (κ2) is 30.1. The first-order valence-electron chi connectivity index (χ1n) is 19.1. The van der Waals surface area contributed by atoms with Gasteiger partial charge in [-0.1, -0.05) is 13.3 Å². The van der Waals surface area contributed by atoms with E-state index in [0.29, 0.717) is 44.4 Å². The van der Waals surface area contributed by atoms with Crippen LogP contribution in [0.15, 0.2) is 0 Å². The monoisotopic (exact) mass is 839 g/mol. The smallest absolute Gasteiger partial charge is 0.481 e. The summed E-state index contributed by atoms with van der Waals surface area (Å²) in [5.74, 6) is -14.8. The van der Waals surface area contributed by atoms with Crippen molar-refractivity contribution in [1.29, 1.82) is 0 Å². The Bertz CT molecular complexity index is 1190. The van der Waals surface area contributed by atoms with Crippen LogP contribution in [0.4, 0.5) is 0 Å². The number of nitrogens with one attached hydrogen (secondary N) is 3. The van der Waals surface area contributed by atoms with Gasteiger partial charge in [-0.15, -0.1) is 0 Å². The lowest BCUT2D eigenvalue weighted by atomic mass is 9.76. The van der Waals surface area contributed by atoms with E-state index in [1.54, 1.807) is 14.0 Å². The summed E-state index contributed by atoms with van der Waals surface area (Å²) >= 11 is 0. The summed E-state index contributed by atoms with van der Waals surface area (Å²) in [4.78, 5) is 75.9. The maximum atomic E-state index is 13.3. The highest BCUT2D eigenvalue weighted by Gasteiger charge is 2.42. The van der Waals surface area contributed by atoms with Crippen LogP contribution < -0.4 is 33.2 Å². The number of amides is 2. The van der Waals surface area contributed by atoms with E-state index in [1.807, 2.05) is 0 Å². The van der Waals surface area contributed by atoms with Gasteiger partial charge in [0.05, 0.1) is 35.5 Å². The molecule has 0 rings (SSSR count). The SMILES string of the molecule is CCCC(C(=O)O)C(CCC(C(=O)O)C(CCC(C(=O)O)C(CCNCCC[Si](OC)O[Si](CCCN)(OC)OC)C(=O)NCCN)C(=O)O)C(=O)NCCN. The van der Waals surface area contributed by atoms with Gasteiger partial charge in [0.2, 0.25) is 11.8 Å². The summed E-state index contributed by atoms with van der Waals surface area (Å²) in [6, 6.07) is 1.10. The highest BCUT2D eigenvalue weighted by Crippen LogP contribution is 2.32. The zero-order valence-electron chi connectivity index (χ0n) is 33.3. The number of aliphatic carboxylic acids is 4. The molecule has 0 spiro atoms. The molecule has 0 aromatic rings. The minimum atomic E-state index is -2.95. The third kappa shape index (κ3) is 19.4. The molecular formula is C34H67N6O14Si2. The average molecular weight is 840 g/mol. The van der Waals surface area contributed by atoms with Crippen LogP contribution in [0, 0.1) is 35.5 Å². The topological polar surface area (TPSA) is 334 Å². The average Bonchev–Trinajstić information content (AvgIpc) is 3.16. The molecule has 20 nitrogen and oxygen atoms in total. The van der Waals surface area contributed by atoms with Gasteiger partial charge < -0.3 is 71.0 Å². The molecule has 0 aliphatic heterocycles. The van der Waals surface area contributed by atoms with Crippen molar-refractivity contribution in [3.8, 4) is 0 Å². The second-order valence-electron chi connectivity index (χ2n) is 13.4. The Kier molecular flexibility index (Phi) is 28.4. The van der Waals surface area contributed by atoms with Crippen molar-refractivity contribution >= 4 is 53.8 Å². The van der Waals surface area contributed by atoms with E-state index in [-0.39, 0.29) is 64.8 Å². The van der Waals surface area contributed by atoms with Crippen molar-refractivity contribution in [2.24, 2.45) is 52.7 Å². The predicted octanol–water partition coefficient (Wildman–Crippen LogP) is -0.366. The molecule has 0 aliphatic carbocycles. The zero-order valence-corrected chi connectivity index (χ0v) is 35.3. The fourth-order valence-corrected chi connectivity index (χ4v) is 11.6. The van der Waals surface area contributed by atoms with Gasteiger partial charge in [0.25, 0.3) is 0 Å². The Balaban J connectivity index is 5.92. The number of carbonyl (C=O) groups excluding carboxylic acids is 2. The van der Waals surface area contributed by atoms with Gasteiger partial charge in [0.15, 0.2) is 0 Å². The van der Waals surface area contributed by atoms with Crippen molar-refractivity contribution in [2.45, 2.75) is 76.8 Å². The Morgan fingerprint density at radius 3 is 1.41 bits per heavy atom. The van der Waals surface area contributed by atoms with E-state index in [9.17, 15) is 49.2 Å². The number of carboxylic acid groups (broad SMARTS) is 4. The maximum Gasteiger partial charge on any atom is 0.491 e. The van der Waals surface area contributed by atoms with Crippen molar-refractivity contribution < 1.29 is 66.6 Å². The van der Waals surface area contributed by atoms with Crippen LogP contribution in [-0.2, 0) is 46.2 Å². The molecule has 2 amide bonds. The van der Waals surface area contributed by atoms with Gasteiger partial charge in [-0.05, 0) is 77.0 Å². The van der Waals surface area contributed by atoms with Gasteiger partial charge in [-0.3, -0.25) is 28.8 Å². The lowest BCUT2D eigenvalue weighted by Gasteiger charge is -2.29. The maximum absolute atomic E-state index is 13.3. The molecule has 0 bridgehead atoms. The van der Waals surface area contributed by atoms with E-state index >= 15 is 0 Å². The molecule has 0 aliphatic rings. The van der Waals surface area contributed by atoms with Crippen LogP contribution in [0.25, 0.3) is 0 Å². The summed E-state index contributed by atoms with van der Waals surface area (Å²) in [6.07, 6.45) is 0.500. The Labute approximate surface area is 332 Å². The third-order valence-corrected chi connectivity index (χ3v) is 15.2. The molecule has 56 heavy (non-hydrogen) atoms. The number of hydrogen-bond acceptors (Lipinski definition) is 14. The first-order valence-corrected chi connectivity index (χ1v) is 22.6. The van der Waals surface area contributed by atoms with Crippen molar-refractivity contribution in [2.75, 3.05) is 67.1 Å². The van der Waals surface area contributed by atoms with E-state index in [4.69, 9.17) is 34.6 Å². The van der Waals surface area contributed by atoms with Gasteiger partial charge in [-0.25, -0.2) is 0 Å². The number of carbonyl (C=O) groups is 6. The fraction of sp³-hybridized carbons (Fsp3) is 0.824. The van der Waals surface area contributed by atoms with Crippen molar-refractivity contribution in [3.63, 3.8) is 0 Å². The van der Waals surface area contributed by atoms with Crippen molar-refractivity contribution in [3.05, 3.63) is 0 Å². The molecular weight excluding hydrogens is 773 g/mol. The molecule has 0 saturated carbocycles. The summed E-state index contributed by atoms with van der Waals surface area (Å²) in [5.41, 5.74) is 16.7. The summed E-state index contributed by atoms with van der Waals surface area (Å²) < 4.78 is 23.0. The van der Waals surface area contributed by atoms with Crippen LogP contribution in [0.3, 0.4) is 0 Å². The van der Waals surface area contributed by atoms with Gasteiger partial charge >= 0.3 is 42.0 Å². The molecule has 13 N–H and O–H groups in total. The molecule has 0 heterocycles. The Hall–Kier alpha value is -3.07. The van der Waals surface area contributed by atoms with Crippen LogP contribution in [0.1, 0.15) is 64.7 Å². The number of rotatable bonds is 36. The van der Waals surface area contributed by atoms with Crippen LogP contribution in [0.5, 0.6) is 0 Å². The highest BCUT2D eigenvalue weighted by atomic mass is 28.4. The molecule has 6 unspecified atom stereocenters. The predicted molar refractivity (Wildman–Crippen MR) is 208 cm³/mol. The second-order valence-corrected chi connectivity index (χ2v) is 18.5. The molecule has 0 fully saturated rings. The van der Waals surface area contributed by atoms with E-state index in [2.05, 4.69) is 16.0 Å². The van der Waals surface area contributed by atoms with E-state index in [0.717, 1.165) is 0 Å². The third-order valence-electron chi connectivity index (χ3n) is 9.64. The van der Waals surface area contributed by atoms with E-state index in [1.165, 1.54) is 14.2 Å². The largest absolute Gasteiger partial charge is 0.491 e. The van der Waals surface area contributed by atoms with Crippen LogP contribution in [0.2, 0.25) is 12.1 Å². The molecule has 325 valence electrons. The fourth-order valence-electron chi connectivity index (χ4n) is 6.55. The van der Waals surface area contributed by atoms with Gasteiger partial charge in [0.1, 0.15) is 0 Å². The standard InChI is InChI=1S/C34H67N6O14Si2/c1-5-8-25(31(43)44)23(29(41)39-19-15-36)9-10-27(33(47)48)28(34(49)50)12-11-26(32(45)46)24(30(42)40-20-16-37)13-18-38-17-7-21-55(51-2)54-56(52-3,53-4)22-6-14-35/h23-28,38H,5-22,35-37H2,1-4H3,(H,39,41)(H,40,42)(H,43,44)(H,45,46)(H,47,48)(H,49,50). The summed E-state index contributed by atoms with van der Waals surface area (Å²) in [7, 11) is -0.135. The Morgan fingerprint density at radius 1 is 0.589 bits per heavy atom. The molecule has 6 atom stereocenters. The highest BCUT2D eigenvalue weighted by molar-refractivity contribution is 6.69. The summed E-state index contributed by atoms with van der Waals surface area (Å²) in [5, 5.41) is 48.8. The zero-order chi connectivity index (χ0) is 42.7. The molecule has 1 radical (unpaired) electrons. The lowest BCUT2D eigenvalue weighted by molar-refractivity contribution is -0.156. The molecule has 0 aromatic carbocycles. The normalized spacial score (nSPS) is 15.0. The number of nitrogens with two attached hydrogens (primary N) is 3. The first-order chi connectivity index (χ1) is 26.6. The first kappa shape index (κ1) is 52.9. The molecule has 22 heteroatoms. The molecule has 0 saturated heterocycles. The van der Waals surface area contributed by atoms with Gasteiger partial charge in [-0.2, -0.15) is 0 Å². The van der Waals surface area contributed by atoms with Gasteiger partial charge in [0, 0.05) is 53.6 Å². The minimum Gasteiger partial charge on any atom is -0.481 e. The van der Waals surface area contributed by atoms with Crippen molar-refractivity contribution in [1.82, 2.24) is 16.0 Å². The quantitative estimate of drug-likeness (QED) is 0.0284. The minimum absolute atomic E-state index is 0.0577. The Morgan fingerprint density at radius 2 is 1.02 bits per heavy atom. The summed E-state index contributed by atoms with van der Waals surface area (Å²) in [6.45, 7) is 3.20. The van der Waals surface area contributed by atoms with Crippen LogP contribution >= 0.6 is 0 Å². The number of hydrogen-bond donors (Lipinski definition) is 10. The van der Waals surface area contributed by atoms with Crippen LogP contribution in [-0.4, -0.2) is 141 Å².